The minimum Gasteiger partial charge on any atom is -0.468 e. The van der Waals surface area contributed by atoms with Gasteiger partial charge in [-0.1, -0.05) is 6.07 Å². The third kappa shape index (κ3) is 1.79. The fraction of sp³-hybridized carbons (Fsp3) is 0.300. The van der Waals surface area contributed by atoms with Gasteiger partial charge < -0.3 is 14.2 Å². The number of benzene rings is 1. The summed E-state index contributed by atoms with van der Waals surface area (Å²) >= 11 is 0. The van der Waals surface area contributed by atoms with Crippen LogP contribution < -0.4 is 9.47 Å². The quantitative estimate of drug-likeness (QED) is 0.532. The van der Waals surface area contributed by atoms with E-state index in [0.29, 0.717) is 19.5 Å². The van der Waals surface area contributed by atoms with Crippen molar-refractivity contribution < 1.29 is 19.0 Å². The van der Waals surface area contributed by atoms with Crippen molar-refractivity contribution in [2.45, 2.75) is 6.42 Å². The molecule has 0 spiro atoms. The Bertz CT molecular complexity index is 335. The highest BCUT2D eigenvalue weighted by Crippen LogP contribution is 2.32. The van der Waals surface area contributed by atoms with Gasteiger partial charge in [0, 0.05) is 6.42 Å². The second kappa shape index (κ2) is 4.00. The van der Waals surface area contributed by atoms with Crippen LogP contribution in [0.4, 0.5) is 0 Å². The Morgan fingerprint density at radius 3 is 3.07 bits per heavy atom. The van der Waals surface area contributed by atoms with Crippen LogP contribution in [0, 0.1) is 0 Å². The van der Waals surface area contributed by atoms with Crippen LogP contribution in [0.2, 0.25) is 0 Å². The van der Waals surface area contributed by atoms with Gasteiger partial charge in [-0.15, -0.1) is 0 Å². The third-order valence-corrected chi connectivity index (χ3v) is 2.01. The Kier molecular flexibility index (Phi) is 2.53. The van der Waals surface area contributed by atoms with Crippen LogP contribution in [0.5, 0.6) is 11.5 Å². The Labute approximate surface area is 81.4 Å². The molecule has 14 heavy (non-hydrogen) atoms. The topological polar surface area (TPSA) is 44.8 Å². The predicted molar refractivity (Wildman–Crippen MR) is 48.3 cm³/mol. The van der Waals surface area contributed by atoms with E-state index in [1.54, 1.807) is 0 Å². The molecule has 1 aliphatic rings. The molecular weight excluding hydrogens is 184 g/mol. The number of rotatable bonds is 4. The van der Waals surface area contributed by atoms with Gasteiger partial charge in [0.25, 0.3) is 6.47 Å². The molecule has 4 nitrogen and oxygen atoms in total. The second-order valence-corrected chi connectivity index (χ2v) is 2.90. The van der Waals surface area contributed by atoms with Crippen LogP contribution in [0.25, 0.3) is 0 Å². The van der Waals surface area contributed by atoms with Crippen molar-refractivity contribution in [2.75, 3.05) is 13.4 Å². The van der Waals surface area contributed by atoms with Gasteiger partial charge in [0.15, 0.2) is 11.5 Å². The van der Waals surface area contributed by atoms with Crippen molar-refractivity contribution in [3.05, 3.63) is 23.8 Å². The Morgan fingerprint density at radius 2 is 2.21 bits per heavy atom. The summed E-state index contributed by atoms with van der Waals surface area (Å²) in [6, 6.07) is 5.69. The first-order valence-corrected chi connectivity index (χ1v) is 4.34. The van der Waals surface area contributed by atoms with Crippen molar-refractivity contribution in [3.8, 4) is 11.5 Å². The number of carbonyl (C=O) groups is 1. The minimum absolute atomic E-state index is 0.281. The number of carbonyl (C=O) groups excluding carboxylic acids is 1. The fourth-order valence-electron chi connectivity index (χ4n) is 1.32. The van der Waals surface area contributed by atoms with Gasteiger partial charge in [0.05, 0.1) is 6.61 Å². The molecule has 74 valence electrons. The zero-order valence-corrected chi connectivity index (χ0v) is 7.56. The molecule has 0 saturated carbocycles. The Morgan fingerprint density at radius 1 is 1.36 bits per heavy atom. The van der Waals surface area contributed by atoms with Gasteiger partial charge in [-0.25, -0.2) is 0 Å². The van der Waals surface area contributed by atoms with E-state index in [1.165, 1.54) is 0 Å². The highest BCUT2D eigenvalue weighted by Gasteiger charge is 2.12. The van der Waals surface area contributed by atoms with Crippen LogP contribution in [0.3, 0.4) is 0 Å². The summed E-state index contributed by atoms with van der Waals surface area (Å²) in [5.74, 6) is 1.53. The maximum Gasteiger partial charge on any atom is 0.293 e. The highest BCUT2D eigenvalue weighted by atomic mass is 16.7. The van der Waals surface area contributed by atoms with E-state index in [1.807, 2.05) is 18.2 Å². The molecule has 1 aromatic rings. The van der Waals surface area contributed by atoms with Crippen LogP contribution in [0.15, 0.2) is 18.2 Å². The lowest BCUT2D eigenvalue weighted by molar-refractivity contribution is -0.128. The van der Waals surface area contributed by atoms with E-state index in [0.717, 1.165) is 17.1 Å². The monoisotopic (exact) mass is 194 g/mol. The van der Waals surface area contributed by atoms with E-state index < -0.39 is 0 Å². The van der Waals surface area contributed by atoms with Crippen LogP contribution in [-0.2, 0) is 16.0 Å². The molecule has 0 radical (unpaired) electrons. The van der Waals surface area contributed by atoms with E-state index in [4.69, 9.17) is 9.47 Å². The van der Waals surface area contributed by atoms with Crippen LogP contribution in [-0.4, -0.2) is 19.9 Å². The number of fused-ring (bicyclic) bond motifs is 1. The van der Waals surface area contributed by atoms with E-state index in [2.05, 4.69) is 4.74 Å². The molecular formula is C10H10O4. The standard InChI is InChI=1S/C10H10O4/c11-6-12-4-3-8-1-2-9-10(5-8)14-7-13-9/h1-2,5-6H,3-4,7H2. The number of hydrogen-bond donors (Lipinski definition) is 0. The largest absolute Gasteiger partial charge is 0.468 e. The third-order valence-electron chi connectivity index (χ3n) is 2.01. The average Bonchev–Trinajstić information content (AvgIpc) is 2.65. The molecule has 0 unspecified atom stereocenters. The normalized spacial score (nSPS) is 12.6. The zero-order valence-electron chi connectivity index (χ0n) is 7.56. The summed E-state index contributed by atoms with van der Waals surface area (Å²) in [6.45, 7) is 1.12. The lowest BCUT2D eigenvalue weighted by Crippen LogP contribution is -1.96. The summed E-state index contributed by atoms with van der Waals surface area (Å²) in [5.41, 5.74) is 1.07. The van der Waals surface area contributed by atoms with Crippen LogP contribution in [0.1, 0.15) is 5.56 Å². The molecule has 0 aromatic heterocycles. The first-order valence-electron chi connectivity index (χ1n) is 4.34. The van der Waals surface area contributed by atoms with Crippen molar-refractivity contribution in [1.82, 2.24) is 0 Å². The van der Waals surface area contributed by atoms with Crippen molar-refractivity contribution in [3.63, 3.8) is 0 Å². The molecule has 0 N–H and O–H groups in total. The molecule has 1 aromatic carbocycles. The molecule has 0 amide bonds. The first-order chi connectivity index (χ1) is 6.90. The molecule has 4 heteroatoms. The predicted octanol–water partition coefficient (Wildman–Crippen LogP) is 1.13. The van der Waals surface area contributed by atoms with Gasteiger partial charge in [-0.2, -0.15) is 0 Å². The molecule has 0 saturated heterocycles. The Balaban J connectivity index is 2.01. The van der Waals surface area contributed by atoms with Gasteiger partial charge in [0.2, 0.25) is 6.79 Å². The van der Waals surface area contributed by atoms with E-state index in [-0.39, 0.29) is 6.79 Å². The molecule has 0 fully saturated rings. The molecule has 1 aliphatic heterocycles. The summed E-state index contributed by atoms with van der Waals surface area (Å²) < 4.78 is 15.0. The first kappa shape index (κ1) is 8.87. The summed E-state index contributed by atoms with van der Waals surface area (Å²) in [7, 11) is 0. The molecule has 0 aliphatic carbocycles. The zero-order chi connectivity index (χ0) is 9.80. The number of hydrogen-bond acceptors (Lipinski definition) is 4. The van der Waals surface area contributed by atoms with Crippen LogP contribution >= 0.6 is 0 Å². The summed E-state index contributed by atoms with van der Waals surface area (Å²) in [5, 5.41) is 0. The van der Waals surface area contributed by atoms with Crippen molar-refractivity contribution in [1.29, 1.82) is 0 Å². The van der Waals surface area contributed by atoms with Gasteiger partial charge >= 0.3 is 0 Å². The molecule has 0 atom stereocenters. The SMILES string of the molecule is O=COCCc1ccc2c(c1)OCO2. The Hall–Kier alpha value is -1.71. The van der Waals surface area contributed by atoms with E-state index >= 15 is 0 Å². The smallest absolute Gasteiger partial charge is 0.293 e. The molecule has 2 rings (SSSR count). The maximum absolute atomic E-state index is 9.92. The summed E-state index contributed by atoms with van der Waals surface area (Å²) in [6.07, 6.45) is 0.690. The van der Waals surface area contributed by atoms with E-state index in [9.17, 15) is 4.79 Å². The van der Waals surface area contributed by atoms with Crippen molar-refractivity contribution >= 4 is 6.47 Å². The maximum atomic E-state index is 9.92. The average molecular weight is 194 g/mol. The lowest BCUT2D eigenvalue weighted by atomic mass is 10.1. The van der Waals surface area contributed by atoms with Crippen molar-refractivity contribution in [2.24, 2.45) is 0 Å². The second-order valence-electron chi connectivity index (χ2n) is 2.90. The lowest BCUT2D eigenvalue weighted by Gasteiger charge is -2.01. The molecule has 0 bridgehead atoms. The molecule has 1 heterocycles. The number of ether oxygens (including phenoxy) is 3. The fourth-order valence-corrected chi connectivity index (χ4v) is 1.32. The highest BCUT2D eigenvalue weighted by molar-refractivity contribution is 5.44. The van der Waals surface area contributed by atoms with Gasteiger partial charge in [-0.05, 0) is 17.7 Å². The van der Waals surface area contributed by atoms with Gasteiger partial charge in [0.1, 0.15) is 0 Å². The summed E-state index contributed by atoms with van der Waals surface area (Å²) in [4.78, 5) is 9.92. The van der Waals surface area contributed by atoms with Gasteiger partial charge in [-0.3, -0.25) is 4.79 Å². The minimum atomic E-state index is 0.281.